The van der Waals surface area contributed by atoms with Crippen LogP contribution in [0.1, 0.15) is 5.69 Å². The third kappa shape index (κ3) is 4.34. The van der Waals surface area contributed by atoms with Crippen molar-refractivity contribution in [2.24, 2.45) is 0 Å². The molecule has 5 aromatic heterocycles. The molecule has 184 valence electrons. The van der Waals surface area contributed by atoms with Gasteiger partial charge in [0.2, 0.25) is 5.91 Å². The summed E-state index contributed by atoms with van der Waals surface area (Å²) in [6.07, 6.45) is 8.96. The van der Waals surface area contributed by atoms with Crippen molar-refractivity contribution < 1.29 is 4.79 Å². The van der Waals surface area contributed by atoms with Gasteiger partial charge >= 0.3 is 0 Å². The maximum Gasteiger partial charge on any atom is 0.238 e. The Hall–Kier alpha value is -4.83. The first-order chi connectivity index (χ1) is 17.9. The maximum absolute atomic E-state index is 12.2. The number of aromatic amines is 2. The highest BCUT2D eigenvalue weighted by atomic mass is 16.2. The van der Waals surface area contributed by atoms with Gasteiger partial charge in [-0.3, -0.25) is 19.9 Å². The number of nitrogens with one attached hydrogen (secondary N) is 3. The number of likely N-dealkylation sites (N-methyl/N-ethyl adjacent to an activating group) is 1. The van der Waals surface area contributed by atoms with E-state index >= 15 is 0 Å². The molecule has 0 radical (unpaired) electrons. The van der Waals surface area contributed by atoms with Crippen LogP contribution in [0.4, 0.5) is 5.69 Å². The number of fused-ring (bicyclic) bond motifs is 2. The van der Waals surface area contributed by atoms with Crippen molar-refractivity contribution in [1.29, 1.82) is 0 Å². The lowest BCUT2D eigenvalue weighted by Crippen LogP contribution is -2.27. The van der Waals surface area contributed by atoms with Crippen molar-refractivity contribution in [3.05, 3.63) is 73.2 Å². The molecule has 1 aromatic carbocycles. The number of aryl methyl sites for hydroxylation is 1. The van der Waals surface area contributed by atoms with Crippen LogP contribution in [-0.4, -0.2) is 66.1 Å². The molecule has 0 unspecified atom stereocenters. The molecule has 6 aromatic rings. The second-order valence-corrected chi connectivity index (χ2v) is 9.28. The van der Waals surface area contributed by atoms with Gasteiger partial charge in [-0.05, 0) is 51.4 Å². The molecule has 0 saturated heterocycles. The summed E-state index contributed by atoms with van der Waals surface area (Å²) in [5.74, 6) is -0.103. The summed E-state index contributed by atoms with van der Waals surface area (Å²) in [5, 5.41) is 12.6. The molecule has 10 heteroatoms. The van der Waals surface area contributed by atoms with Crippen LogP contribution in [0.25, 0.3) is 50.1 Å². The Bertz CT molecular complexity index is 1760. The SMILES string of the molecule is Cc1cn(-c2cccc3[nH]c(-c4n[nH]c5cnc(-c6cncc(NC(=O)CN(C)C)c6)cc45)cc23)cn1. The fourth-order valence-corrected chi connectivity index (χ4v) is 4.46. The molecular formula is C27H25N9O. The summed E-state index contributed by atoms with van der Waals surface area (Å²) in [5.41, 5.74) is 7.68. The van der Waals surface area contributed by atoms with Crippen molar-refractivity contribution >= 4 is 33.4 Å². The summed E-state index contributed by atoms with van der Waals surface area (Å²) in [6.45, 7) is 2.27. The zero-order valence-corrected chi connectivity index (χ0v) is 20.6. The van der Waals surface area contributed by atoms with Crippen LogP contribution in [0, 0.1) is 6.92 Å². The van der Waals surface area contributed by atoms with Crippen LogP contribution in [0.3, 0.4) is 0 Å². The Morgan fingerprint density at radius 1 is 1.05 bits per heavy atom. The minimum absolute atomic E-state index is 0.103. The Balaban J connectivity index is 1.38. The van der Waals surface area contributed by atoms with Gasteiger partial charge in [-0.25, -0.2) is 4.98 Å². The molecule has 3 N–H and O–H groups in total. The van der Waals surface area contributed by atoms with Gasteiger partial charge in [-0.1, -0.05) is 6.07 Å². The topological polar surface area (TPSA) is 120 Å². The number of rotatable bonds is 6. The number of anilines is 1. The van der Waals surface area contributed by atoms with E-state index in [1.807, 2.05) is 61.2 Å². The molecular weight excluding hydrogens is 466 g/mol. The highest BCUT2D eigenvalue weighted by molar-refractivity contribution is 5.99. The minimum Gasteiger partial charge on any atom is -0.353 e. The molecule has 0 atom stereocenters. The van der Waals surface area contributed by atoms with E-state index in [9.17, 15) is 4.79 Å². The Labute approximate surface area is 212 Å². The molecule has 37 heavy (non-hydrogen) atoms. The molecule has 10 nitrogen and oxygen atoms in total. The molecule has 0 aliphatic rings. The number of imidazole rings is 1. The van der Waals surface area contributed by atoms with E-state index < -0.39 is 0 Å². The first kappa shape index (κ1) is 22.6. The van der Waals surface area contributed by atoms with Crippen molar-refractivity contribution in [3.8, 4) is 28.3 Å². The highest BCUT2D eigenvalue weighted by Gasteiger charge is 2.15. The van der Waals surface area contributed by atoms with Gasteiger partial charge in [0.25, 0.3) is 0 Å². The number of aromatic nitrogens is 7. The minimum atomic E-state index is -0.103. The second-order valence-electron chi connectivity index (χ2n) is 9.28. The van der Waals surface area contributed by atoms with Gasteiger partial charge in [0, 0.05) is 34.2 Å². The first-order valence-electron chi connectivity index (χ1n) is 11.8. The number of hydrogen-bond donors (Lipinski definition) is 3. The molecule has 6 rings (SSSR count). The number of hydrogen-bond acceptors (Lipinski definition) is 6. The second kappa shape index (κ2) is 8.99. The zero-order chi connectivity index (χ0) is 25.5. The number of benzene rings is 1. The normalized spacial score (nSPS) is 11.6. The average molecular weight is 492 g/mol. The monoisotopic (exact) mass is 491 g/mol. The summed E-state index contributed by atoms with van der Waals surface area (Å²) < 4.78 is 2.03. The molecule has 0 fully saturated rings. The van der Waals surface area contributed by atoms with Crippen molar-refractivity contribution in [3.63, 3.8) is 0 Å². The number of carbonyl (C=O) groups excluding carboxylic acids is 1. The summed E-state index contributed by atoms with van der Waals surface area (Å²) in [6, 6.07) is 12.1. The van der Waals surface area contributed by atoms with Crippen molar-refractivity contribution in [2.75, 3.05) is 26.0 Å². The van der Waals surface area contributed by atoms with E-state index in [0.29, 0.717) is 12.2 Å². The van der Waals surface area contributed by atoms with Crippen LogP contribution < -0.4 is 5.32 Å². The van der Waals surface area contributed by atoms with E-state index in [0.717, 1.165) is 55.8 Å². The fourth-order valence-electron chi connectivity index (χ4n) is 4.46. The van der Waals surface area contributed by atoms with Gasteiger partial charge in [-0.15, -0.1) is 0 Å². The molecule has 0 saturated carbocycles. The van der Waals surface area contributed by atoms with E-state index in [2.05, 4.69) is 53.6 Å². The van der Waals surface area contributed by atoms with E-state index in [1.54, 1.807) is 18.6 Å². The largest absolute Gasteiger partial charge is 0.353 e. The van der Waals surface area contributed by atoms with Gasteiger partial charge in [-0.2, -0.15) is 5.10 Å². The molecule has 1 amide bonds. The number of carbonyl (C=O) groups is 1. The predicted molar refractivity (Wildman–Crippen MR) is 143 cm³/mol. The number of pyridine rings is 2. The standard InChI is InChI=1S/C27H25N9O/c1-16-13-36(15-30-16)25-6-4-5-21-19(25)8-23(32-21)27-20-9-22(29-12-24(20)33-34-27)17-7-18(11-28-10-17)31-26(37)14-35(2)3/h4-13,15,32H,14H2,1-3H3,(H,31,37)(H,33,34). The predicted octanol–water partition coefficient (Wildman–Crippen LogP) is 4.16. The van der Waals surface area contributed by atoms with E-state index in [-0.39, 0.29) is 5.91 Å². The van der Waals surface area contributed by atoms with Gasteiger partial charge in [0.15, 0.2) is 0 Å². The molecule has 0 aliphatic carbocycles. The van der Waals surface area contributed by atoms with Gasteiger partial charge < -0.3 is 19.8 Å². The molecule has 0 bridgehead atoms. The van der Waals surface area contributed by atoms with E-state index in [4.69, 9.17) is 0 Å². The highest BCUT2D eigenvalue weighted by Crippen LogP contribution is 2.33. The Morgan fingerprint density at radius 2 is 1.95 bits per heavy atom. The van der Waals surface area contributed by atoms with Crippen LogP contribution >= 0.6 is 0 Å². The third-order valence-corrected chi connectivity index (χ3v) is 6.11. The summed E-state index contributed by atoms with van der Waals surface area (Å²) >= 11 is 0. The first-order valence-corrected chi connectivity index (χ1v) is 11.8. The van der Waals surface area contributed by atoms with Crippen LogP contribution in [-0.2, 0) is 4.79 Å². The van der Waals surface area contributed by atoms with Crippen molar-refractivity contribution in [2.45, 2.75) is 6.92 Å². The lowest BCUT2D eigenvalue weighted by Gasteiger charge is -2.10. The average Bonchev–Trinajstić information content (AvgIpc) is 3.60. The summed E-state index contributed by atoms with van der Waals surface area (Å²) in [7, 11) is 3.70. The molecule has 0 spiro atoms. The molecule has 0 aliphatic heterocycles. The number of amides is 1. The lowest BCUT2D eigenvalue weighted by molar-refractivity contribution is -0.116. The maximum atomic E-state index is 12.2. The number of nitrogens with zero attached hydrogens (tertiary/aromatic N) is 6. The van der Waals surface area contributed by atoms with E-state index in [1.165, 1.54) is 0 Å². The van der Waals surface area contributed by atoms with Crippen LogP contribution in [0.15, 0.2) is 67.5 Å². The Kier molecular flexibility index (Phi) is 5.50. The van der Waals surface area contributed by atoms with Crippen LogP contribution in [0.5, 0.6) is 0 Å². The fraction of sp³-hybridized carbons (Fsp3) is 0.148. The summed E-state index contributed by atoms with van der Waals surface area (Å²) in [4.78, 5) is 30.8. The smallest absolute Gasteiger partial charge is 0.238 e. The van der Waals surface area contributed by atoms with Crippen LogP contribution in [0.2, 0.25) is 0 Å². The van der Waals surface area contributed by atoms with Crippen molar-refractivity contribution in [1.82, 2.24) is 39.6 Å². The number of H-pyrrole nitrogens is 2. The van der Waals surface area contributed by atoms with Gasteiger partial charge in [0.05, 0.1) is 59.2 Å². The zero-order valence-electron chi connectivity index (χ0n) is 20.6. The van der Waals surface area contributed by atoms with Gasteiger partial charge in [0.1, 0.15) is 5.69 Å². The third-order valence-electron chi connectivity index (χ3n) is 6.11. The molecule has 5 heterocycles. The lowest BCUT2D eigenvalue weighted by atomic mass is 10.1. The Morgan fingerprint density at radius 3 is 2.76 bits per heavy atom. The quantitative estimate of drug-likeness (QED) is 0.322.